The van der Waals surface area contributed by atoms with Crippen LogP contribution < -0.4 is 5.32 Å². The third-order valence-corrected chi connectivity index (χ3v) is 4.99. The fraction of sp³-hybridized carbons (Fsp3) is 0.391. The highest BCUT2D eigenvalue weighted by Crippen LogP contribution is 2.16. The molecule has 1 aliphatic heterocycles. The lowest BCUT2D eigenvalue weighted by atomic mass is 10.1. The molecule has 0 aromatic heterocycles. The Morgan fingerprint density at radius 1 is 0.929 bits per heavy atom. The van der Waals surface area contributed by atoms with Crippen molar-refractivity contribution in [2.24, 2.45) is 0 Å². The minimum atomic E-state index is -0.0491. The van der Waals surface area contributed by atoms with E-state index in [-0.39, 0.29) is 17.9 Å². The lowest BCUT2D eigenvalue weighted by Crippen LogP contribution is -2.42. The van der Waals surface area contributed by atoms with Gasteiger partial charge in [-0.15, -0.1) is 0 Å². The summed E-state index contributed by atoms with van der Waals surface area (Å²) in [5, 5.41) is 2.84. The van der Waals surface area contributed by atoms with Crippen LogP contribution in [0.25, 0.3) is 0 Å². The largest absolute Gasteiger partial charge is 0.373 e. The zero-order chi connectivity index (χ0) is 19.6. The summed E-state index contributed by atoms with van der Waals surface area (Å²) in [6, 6.07) is 19.8. The summed E-state index contributed by atoms with van der Waals surface area (Å²) in [5.41, 5.74) is 2.15. The van der Waals surface area contributed by atoms with Gasteiger partial charge in [-0.1, -0.05) is 60.7 Å². The third-order valence-electron chi connectivity index (χ3n) is 4.99. The van der Waals surface area contributed by atoms with Gasteiger partial charge in [-0.3, -0.25) is 9.59 Å². The van der Waals surface area contributed by atoms with E-state index in [0.29, 0.717) is 26.0 Å². The molecule has 28 heavy (non-hydrogen) atoms. The van der Waals surface area contributed by atoms with Gasteiger partial charge in [0.05, 0.1) is 19.1 Å². The Labute approximate surface area is 166 Å². The number of rotatable bonds is 8. The first kappa shape index (κ1) is 20.1. The number of ether oxygens (including phenoxy) is 1. The van der Waals surface area contributed by atoms with E-state index < -0.39 is 0 Å². The summed E-state index contributed by atoms with van der Waals surface area (Å²) in [4.78, 5) is 26.2. The van der Waals surface area contributed by atoms with Gasteiger partial charge in [0.25, 0.3) is 0 Å². The van der Waals surface area contributed by atoms with Crippen molar-refractivity contribution in [1.29, 1.82) is 0 Å². The van der Waals surface area contributed by atoms with Crippen LogP contribution in [0.4, 0.5) is 0 Å². The Morgan fingerprint density at radius 3 is 2.18 bits per heavy atom. The van der Waals surface area contributed by atoms with Gasteiger partial charge < -0.3 is 15.0 Å². The maximum atomic E-state index is 12.4. The Kier molecular flexibility index (Phi) is 7.62. The minimum Gasteiger partial charge on any atom is -0.373 e. The molecule has 1 heterocycles. The molecule has 0 atom stereocenters. The molecule has 1 fully saturated rings. The number of hydrogen-bond donors (Lipinski definition) is 1. The fourth-order valence-electron chi connectivity index (χ4n) is 3.37. The van der Waals surface area contributed by atoms with E-state index in [1.807, 2.05) is 53.4 Å². The molecule has 148 valence electrons. The summed E-state index contributed by atoms with van der Waals surface area (Å²) in [6.07, 6.45) is 2.61. The van der Waals surface area contributed by atoms with Crippen LogP contribution in [0.2, 0.25) is 0 Å². The molecular weight excluding hydrogens is 352 g/mol. The predicted molar refractivity (Wildman–Crippen MR) is 109 cm³/mol. The number of nitrogens with one attached hydrogen (secondary N) is 1. The first-order valence-electron chi connectivity index (χ1n) is 9.94. The first-order chi connectivity index (χ1) is 13.7. The van der Waals surface area contributed by atoms with Crippen LogP contribution in [0.15, 0.2) is 60.7 Å². The molecule has 0 bridgehead atoms. The molecule has 0 spiro atoms. The number of benzene rings is 2. The number of amides is 2. The second-order valence-corrected chi connectivity index (χ2v) is 7.14. The summed E-state index contributed by atoms with van der Waals surface area (Å²) in [7, 11) is 0. The van der Waals surface area contributed by atoms with Crippen LogP contribution in [0.3, 0.4) is 0 Å². The molecule has 1 aliphatic rings. The van der Waals surface area contributed by atoms with Crippen molar-refractivity contribution in [2.75, 3.05) is 19.6 Å². The van der Waals surface area contributed by atoms with E-state index in [1.54, 1.807) is 0 Å². The van der Waals surface area contributed by atoms with Crippen molar-refractivity contribution in [2.45, 2.75) is 38.4 Å². The number of piperidine rings is 1. The second-order valence-electron chi connectivity index (χ2n) is 7.14. The molecule has 0 radical (unpaired) electrons. The topological polar surface area (TPSA) is 58.6 Å². The van der Waals surface area contributed by atoms with Gasteiger partial charge >= 0.3 is 0 Å². The van der Waals surface area contributed by atoms with Crippen molar-refractivity contribution < 1.29 is 14.3 Å². The quantitative estimate of drug-likeness (QED) is 0.766. The molecule has 0 unspecified atom stereocenters. The minimum absolute atomic E-state index is 0.0491. The highest BCUT2D eigenvalue weighted by atomic mass is 16.5. The van der Waals surface area contributed by atoms with E-state index >= 15 is 0 Å². The third kappa shape index (κ3) is 6.50. The number of carbonyl (C=O) groups excluding carboxylic acids is 2. The van der Waals surface area contributed by atoms with Crippen LogP contribution in [0, 0.1) is 0 Å². The Hall–Kier alpha value is -2.66. The maximum Gasteiger partial charge on any atom is 0.224 e. The van der Waals surface area contributed by atoms with Gasteiger partial charge in [0, 0.05) is 26.1 Å². The second kappa shape index (κ2) is 10.6. The van der Waals surface area contributed by atoms with Gasteiger partial charge in [-0.2, -0.15) is 0 Å². The van der Waals surface area contributed by atoms with Crippen molar-refractivity contribution >= 4 is 11.8 Å². The van der Waals surface area contributed by atoms with E-state index in [9.17, 15) is 9.59 Å². The molecular formula is C23H28N2O3. The molecule has 5 heteroatoms. The number of carbonyl (C=O) groups is 2. The molecule has 1 N–H and O–H groups in total. The Morgan fingerprint density at radius 2 is 1.54 bits per heavy atom. The van der Waals surface area contributed by atoms with Gasteiger partial charge in [-0.25, -0.2) is 0 Å². The molecule has 2 aromatic carbocycles. The fourth-order valence-corrected chi connectivity index (χ4v) is 3.37. The average molecular weight is 380 g/mol. The van der Waals surface area contributed by atoms with E-state index in [2.05, 4.69) is 17.4 Å². The average Bonchev–Trinajstić information content (AvgIpc) is 2.74. The van der Waals surface area contributed by atoms with Gasteiger partial charge in [0.1, 0.15) is 0 Å². The van der Waals surface area contributed by atoms with E-state index in [1.165, 1.54) is 5.56 Å². The number of hydrogen-bond acceptors (Lipinski definition) is 3. The van der Waals surface area contributed by atoms with Crippen LogP contribution >= 0.6 is 0 Å². The SMILES string of the molecule is O=C(Cc1ccccc1)NCCC(=O)N1CCC(OCc2ccccc2)CC1. The molecule has 0 saturated carbocycles. The van der Waals surface area contributed by atoms with E-state index in [0.717, 1.165) is 31.5 Å². The predicted octanol–water partition coefficient (Wildman–Crippen LogP) is 2.94. The van der Waals surface area contributed by atoms with Crippen molar-refractivity contribution in [3.05, 3.63) is 71.8 Å². The smallest absolute Gasteiger partial charge is 0.224 e. The van der Waals surface area contributed by atoms with Crippen molar-refractivity contribution in [3.8, 4) is 0 Å². The zero-order valence-electron chi connectivity index (χ0n) is 16.2. The summed E-state index contributed by atoms with van der Waals surface area (Å²) in [6.45, 7) is 2.44. The van der Waals surface area contributed by atoms with Gasteiger partial charge in [0.2, 0.25) is 11.8 Å². The highest BCUT2D eigenvalue weighted by Gasteiger charge is 2.23. The molecule has 5 nitrogen and oxygen atoms in total. The van der Waals surface area contributed by atoms with Crippen molar-refractivity contribution in [3.63, 3.8) is 0 Å². The van der Waals surface area contributed by atoms with Crippen LogP contribution in [0.5, 0.6) is 0 Å². The molecule has 2 amide bonds. The summed E-state index contributed by atoms with van der Waals surface area (Å²) >= 11 is 0. The lowest BCUT2D eigenvalue weighted by molar-refractivity contribution is -0.134. The maximum absolute atomic E-state index is 12.4. The normalized spacial score (nSPS) is 14.6. The molecule has 3 rings (SSSR count). The first-order valence-corrected chi connectivity index (χ1v) is 9.94. The molecule has 2 aromatic rings. The lowest BCUT2D eigenvalue weighted by Gasteiger charge is -2.32. The van der Waals surface area contributed by atoms with Gasteiger partial charge in [0.15, 0.2) is 0 Å². The van der Waals surface area contributed by atoms with Gasteiger partial charge in [-0.05, 0) is 24.0 Å². The van der Waals surface area contributed by atoms with Crippen LogP contribution in [0.1, 0.15) is 30.4 Å². The summed E-state index contributed by atoms with van der Waals surface area (Å²) < 4.78 is 5.97. The highest BCUT2D eigenvalue weighted by molar-refractivity contribution is 5.80. The monoisotopic (exact) mass is 380 g/mol. The van der Waals surface area contributed by atoms with Crippen LogP contribution in [-0.4, -0.2) is 42.5 Å². The standard InChI is InChI=1S/C23H28N2O3/c26-22(17-19-7-3-1-4-8-19)24-14-11-23(27)25-15-12-21(13-16-25)28-18-20-9-5-2-6-10-20/h1-10,21H,11-18H2,(H,24,26). The zero-order valence-corrected chi connectivity index (χ0v) is 16.2. The van der Waals surface area contributed by atoms with Crippen LogP contribution in [-0.2, 0) is 27.4 Å². The Bertz CT molecular complexity index is 741. The number of nitrogens with zero attached hydrogens (tertiary/aromatic N) is 1. The molecule has 1 saturated heterocycles. The molecule has 0 aliphatic carbocycles. The summed E-state index contributed by atoms with van der Waals surface area (Å²) in [5.74, 6) is 0.0496. The number of likely N-dealkylation sites (tertiary alicyclic amines) is 1. The van der Waals surface area contributed by atoms with E-state index in [4.69, 9.17) is 4.74 Å². The van der Waals surface area contributed by atoms with Crippen molar-refractivity contribution in [1.82, 2.24) is 10.2 Å². The Balaban J connectivity index is 1.30.